The van der Waals surface area contributed by atoms with E-state index in [0.717, 1.165) is 25.7 Å². The Balaban J connectivity index is 2.22. The van der Waals surface area contributed by atoms with Crippen molar-refractivity contribution in [2.45, 2.75) is 56.6 Å². The van der Waals surface area contributed by atoms with E-state index in [1.807, 2.05) is 14.1 Å². The maximum atomic E-state index is 13.4. The van der Waals surface area contributed by atoms with Crippen molar-refractivity contribution >= 4 is 11.6 Å². The van der Waals surface area contributed by atoms with Crippen LogP contribution in [0.15, 0.2) is 18.2 Å². The van der Waals surface area contributed by atoms with Crippen LogP contribution in [0.25, 0.3) is 0 Å². The molecule has 1 aromatic carbocycles. The van der Waals surface area contributed by atoms with Crippen molar-refractivity contribution in [1.29, 1.82) is 0 Å². The van der Waals surface area contributed by atoms with E-state index in [-0.39, 0.29) is 11.4 Å². The highest BCUT2D eigenvalue weighted by Crippen LogP contribution is 2.36. The van der Waals surface area contributed by atoms with Crippen molar-refractivity contribution in [3.8, 4) is 0 Å². The van der Waals surface area contributed by atoms with Crippen molar-refractivity contribution in [3.63, 3.8) is 0 Å². The SMILES string of the molecule is CN(C)C1(C(O)Cc2cc(F)ccc2Cl)CCCCCC1. The summed E-state index contributed by atoms with van der Waals surface area (Å²) >= 11 is 6.15. The molecule has 0 saturated heterocycles. The number of hydrogen-bond acceptors (Lipinski definition) is 2. The van der Waals surface area contributed by atoms with E-state index < -0.39 is 6.10 Å². The molecule has 0 radical (unpaired) electrons. The Morgan fingerprint density at radius 3 is 2.43 bits per heavy atom. The molecule has 2 rings (SSSR count). The van der Waals surface area contributed by atoms with Gasteiger partial charge >= 0.3 is 0 Å². The molecule has 0 aromatic heterocycles. The smallest absolute Gasteiger partial charge is 0.123 e. The molecule has 118 valence electrons. The summed E-state index contributed by atoms with van der Waals surface area (Å²) in [5, 5.41) is 11.4. The Kier molecular flexibility index (Phi) is 5.64. The minimum atomic E-state index is -0.537. The van der Waals surface area contributed by atoms with Crippen LogP contribution in [0.4, 0.5) is 4.39 Å². The van der Waals surface area contributed by atoms with Gasteiger partial charge in [0.05, 0.1) is 6.10 Å². The van der Waals surface area contributed by atoms with E-state index in [1.165, 1.54) is 25.0 Å². The van der Waals surface area contributed by atoms with Gasteiger partial charge in [-0.05, 0) is 50.7 Å². The average molecular weight is 314 g/mol. The number of likely N-dealkylation sites (N-methyl/N-ethyl adjacent to an activating group) is 1. The molecule has 0 amide bonds. The lowest BCUT2D eigenvalue weighted by atomic mass is 9.80. The number of rotatable bonds is 4. The quantitative estimate of drug-likeness (QED) is 0.848. The minimum Gasteiger partial charge on any atom is -0.391 e. The predicted octanol–water partition coefficient (Wildman–Crippen LogP) is 4.04. The third kappa shape index (κ3) is 3.77. The third-order valence-electron chi connectivity index (χ3n) is 4.90. The highest BCUT2D eigenvalue weighted by atomic mass is 35.5. The van der Waals surface area contributed by atoms with E-state index in [2.05, 4.69) is 4.90 Å². The Hall–Kier alpha value is -0.640. The van der Waals surface area contributed by atoms with Gasteiger partial charge in [0.1, 0.15) is 5.82 Å². The van der Waals surface area contributed by atoms with Crippen LogP contribution in [0.5, 0.6) is 0 Å². The minimum absolute atomic E-state index is 0.230. The fourth-order valence-electron chi connectivity index (χ4n) is 3.52. The highest BCUT2D eigenvalue weighted by molar-refractivity contribution is 6.31. The van der Waals surface area contributed by atoms with Gasteiger partial charge in [-0.2, -0.15) is 0 Å². The lowest BCUT2D eigenvalue weighted by Gasteiger charge is -2.43. The molecule has 1 saturated carbocycles. The third-order valence-corrected chi connectivity index (χ3v) is 5.27. The summed E-state index contributed by atoms with van der Waals surface area (Å²) in [5.41, 5.74) is 0.459. The zero-order valence-corrected chi connectivity index (χ0v) is 13.7. The number of halogens is 2. The molecule has 1 aliphatic rings. The first kappa shape index (κ1) is 16.7. The largest absolute Gasteiger partial charge is 0.391 e. The summed E-state index contributed by atoms with van der Waals surface area (Å²) < 4.78 is 13.4. The lowest BCUT2D eigenvalue weighted by Crippen LogP contribution is -2.54. The van der Waals surface area contributed by atoms with Crippen molar-refractivity contribution in [1.82, 2.24) is 4.90 Å². The van der Waals surface area contributed by atoms with Crippen LogP contribution in [0.2, 0.25) is 5.02 Å². The first-order valence-electron chi connectivity index (χ1n) is 7.75. The van der Waals surface area contributed by atoms with Gasteiger partial charge in [0.15, 0.2) is 0 Å². The highest BCUT2D eigenvalue weighted by Gasteiger charge is 2.40. The molecule has 0 spiro atoms. The summed E-state index contributed by atoms with van der Waals surface area (Å²) in [7, 11) is 4.06. The monoisotopic (exact) mass is 313 g/mol. The second-order valence-corrected chi connectivity index (χ2v) is 6.78. The van der Waals surface area contributed by atoms with Gasteiger partial charge in [-0.25, -0.2) is 4.39 Å². The van der Waals surface area contributed by atoms with Crippen molar-refractivity contribution in [2.75, 3.05) is 14.1 Å². The summed E-state index contributed by atoms with van der Waals surface area (Å²) in [6, 6.07) is 4.35. The van der Waals surface area contributed by atoms with Gasteiger partial charge in [-0.1, -0.05) is 37.3 Å². The van der Waals surface area contributed by atoms with Gasteiger partial charge in [0.25, 0.3) is 0 Å². The molecule has 1 N–H and O–H groups in total. The molecule has 4 heteroatoms. The van der Waals surface area contributed by atoms with E-state index in [0.29, 0.717) is 17.0 Å². The second kappa shape index (κ2) is 7.08. The predicted molar refractivity (Wildman–Crippen MR) is 85.2 cm³/mol. The molecule has 0 bridgehead atoms. The summed E-state index contributed by atoms with van der Waals surface area (Å²) in [4.78, 5) is 2.15. The second-order valence-electron chi connectivity index (χ2n) is 6.37. The first-order chi connectivity index (χ1) is 9.95. The Morgan fingerprint density at radius 2 is 1.86 bits per heavy atom. The van der Waals surface area contributed by atoms with Crippen LogP contribution in [0, 0.1) is 5.82 Å². The van der Waals surface area contributed by atoms with Crippen molar-refractivity contribution in [3.05, 3.63) is 34.6 Å². The first-order valence-corrected chi connectivity index (χ1v) is 8.13. The number of aliphatic hydroxyl groups excluding tert-OH is 1. The lowest BCUT2D eigenvalue weighted by molar-refractivity contribution is -0.0174. The molecule has 0 heterocycles. The van der Waals surface area contributed by atoms with Crippen LogP contribution in [-0.2, 0) is 6.42 Å². The molecule has 0 aliphatic heterocycles. The van der Waals surface area contributed by atoms with E-state index >= 15 is 0 Å². The molecule has 1 fully saturated rings. The van der Waals surface area contributed by atoms with Gasteiger partial charge in [0, 0.05) is 17.0 Å². The maximum Gasteiger partial charge on any atom is 0.123 e. The van der Waals surface area contributed by atoms with Gasteiger partial charge in [-0.3, -0.25) is 0 Å². The molecular formula is C17H25ClFNO. The number of benzene rings is 1. The average Bonchev–Trinajstić information content (AvgIpc) is 2.69. The van der Waals surface area contributed by atoms with Gasteiger partial charge < -0.3 is 10.0 Å². The maximum absolute atomic E-state index is 13.4. The van der Waals surface area contributed by atoms with Crippen LogP contribution in [-0.4, -0.2) is 35.7 Å². The van der Waals surface area contributed by atoms with E-state index in [9.17, 15) is 9.50 Å². The van der Waals surface area contributed by atoms with E-state index in [4.69, 9.17) is 11.6 Å². The zero-order valence-electron chi connectivity index (χ0n) is 12.9. The summed E-state index contributed by atoms with van der Waals surface area (Å²) in [6.45, 7) is 0. The fraction of sp³-hybridized carbons (Fsp3) is 0.647. The van der Waals surface area contributed by atoms with Crippen LogP contribution in [0.3, 0.4) is 0 Å². The fourth-order valence-corrected chi connectivity index (χ4v) is 3.71. The van der Waals surface area contributed by atoms with Gasteiger partial charge in [0.2, 0.25) is 0 Å². The Bertz CT molecular complexity index is 470. The zero-order chi connectivity index (χ0) is 15.5. The molecule has 1 aromatic rings. The van der Waals surface area contributed by atoms with Gasteiger partial charge in [-0.15, -0.1) is 0 Å². The Morgan fingerprint density at radius 1 is 1.24 bits per heavy atom. The number of nitrogens with zero attached hydrogens (tertiary/aromatic N) is 1. The van der Waals surface area contributed by atoms with Crippen LogP contribution >= 0.6 is 11.6 Å². The van der Waals surface area contributed by atoms with Crippen LogP contribution < -0.4 is 0 Å². The number of hydrogen-bond donors (Lipinski definition) is 1. The number of aliphatic hydroxyl groups is 1. The standard InChI is InChI=1S/C17H25ClFNO/c1-20(2)17(9-5-3-4-6-10-17)16(21)12-13-11-14(19)7-8-15(13)18/h7-8,11,16,21H,3-6,9-10,12H2,1-2H3. The molecule has 1 unspecified atom stereocenters. The summed E-state index contributed by atoms with van der Waals surface area (Å²) in [6.07, 6.45) is 6.53. The van der Waals surface area contributed by atoms with Crippen LogP contribution in [0.1, 0.15) is 44.1 Å². The molecule has 1 aliphatic carbocycles. The molecular weight excluding hydrogens is 289 g/mol. The molecule has 21 heavy (non-hydrogen) atoms. The molecule has 2 nitrogen and oxygen atoms in total. The van der Waals surface area contributed by atoms with Crippen molar-refractivity contribution < 1.29 is 9.50 Å². The summed E-state index contributed by atoms with van der Waals surface area (Å²) in [5.74, 6) is -0.304. The molecule has 1 atom stereocenters. The van der Waals surface area contributed by atoms with Crippen molar-refractivity contribution in [2.24, 2.45) is 0 Å². The topological polar surface area (TPSA) is 23.5 Å². The normalized spacial score (nSPS) is 20.3. The Labute approximate surface area is 131 Å². The van der Waals surface area contributed by atoms with E-state index in [1.54, 1.807) is 6.07 Å².